The van der Waals surface area contributed by atoms with Crippen molar-refractivity contribution in [2.45, 2.75) is 26.5 Å². The molecule has 2 amide bonds. The monoisotopic (exact) mass is 396 g/mol. The molecule has 2 N–H and O–H groups in total. The number of urea groups is 1. The summed E-state index contributed by atoms with van der Waals surface area (Å²) >= 11 is 0. The molecule has 3 rings (SSSR count). The van der Waals surface area contributed by atoms with Gasteiger partial charge in [-0.25, -0.2) is 19.2 Å². The van der Waals surface area contributed by atoms with Gasteiger partial charge < -0.3 is 20.1 Å². The smallest absolute Gasteiger partial charge is 0.319 e. The van der Waals surface area contributed by atoms with Gasteiger partial charge in [0.1, 0.15) is 17.3 Å². The van der Waals surface area contributed by atoms with Crippen LogP contribution < -0.4 is 20.1 Å². The van der Waals surface area contributed by atoms with E-state index in [0.29, 0.717) is 22.9 Å². The number of nitrogens with zero attached hydrogens (tertiary/aromatic N) is 2. The van der Waals surface area contributed by atoms with E-state index in [4.69, 9.17) is 9.47 Å². The number of hydrogen-bond acceptors (Lipinski definition) is 5. The number of anilines is 1. The second kappa shape index (κ2) is 9.50. The zero-order chi connectivity index (χ0) is 20.6. The molecule has 2 heterocycles. The number of nitrogens with one attached hydrogen (secondary N) is 2. The highest BCUT2D eigenvalue weighted by molar-refractivity contribution is 5.90. The first kappa shape index (κ1) is 20.1. The fourth-order valence-electron chi connectivity index (χ4n) is 2.44. The van der Waals surface area contributed by atoms with Crippen molar-refractivity contribution < 1.29 is 18.7 Å². The lowest BCUT2D eigenvalue weighted by atomic mass is 10.2. The van der Waals surface area contributed by atoms with E-state index < -0.39 is 11.8 Å². The van der Waals surface area contributed by atoms with Crippen molar-refractivity contribution in [1.29, 1.82) is 0 Å². The molecule has 2 aromatic heterocycles. The molecule has 150 valence electrons. The minimum atomic E-state index is -0.438. The van der Waals surface area contributed by atoms with Crippen LogP contribution in [-0.4, -0.2) is 22.1 Å². The molecule has 1 aromatic carbocycles. The minimum absolute atomic E-state index is 0.0774. The number of ether oxygens (including phenoxy) is 2. The highest BCUT2D eigenvalue weighted by Crippen LogP contribution is 2.24. The van der Waals surface area contributed by atoms with E-state index in [1.54, 1.807) is 48.8 Å². The lowest BCUT2D eigenvalue weighted by Crippen LogP contribution is -2.28. The molecule has 0 aliphatic rings. The molecule has 0 bridgehead atoms. The first-order valence-corrected chi connectivity index (χ1v) is 9.05. The lowest BCUT2D eigenvalue weighted by Gasteiger charge is -2.14. The van der Waals surface area contributed by atoms with E-state index in [1.165, 1.54) is 12.1 Å². The van der Waals surface area contributed by atoms with Crippen LogP contribution in [0, 0.1) is 5.82 Å². The average molecular weight is 396 g/mol. The van der Waals surface area contributed by atoms with Gasteiger partial charge in [-0.15, -0.1) is 0 Å². The lowest BCUT2D eigenvalue weighted by molar-refractivity contribution is 0.233. The topological polar surface area (TPSA) is 85.4 Å². The second-order valence-electron chi connectivity index (χ2n) is 6.36. The Hall–Kier alpha value is -3.68. The summed E-state index contributed by atoms with van der Waals surface area (Å²) < 4.78 is 24.6. The highest BCUT2D eigenvalue weighted by atomic mass is 19.1. The van der Waals surface area contributed by atoms with Crippen LogP contribution in [0.1, 0.15) is 19.4 Å². The van der Waals surface area contributed by atoms with Crippen molar-refractivity contribution in [3.8, 4) is 17.5 Å². The van der Waals surface area contributed by atoms with Crippen molar-refractivity contribution in [3.05, 3.63) is 72.3 Å². The Morgan fingerprint density at radius 1 is 1.07 bits per heavy atom. The van der Waals surface area contributed by atoms with Crippen molar-refractivity contribution in [2.75, 3.05) is 5.32 Å². The third kappa shape index (κ3) is 5.90. The number of halogens is 1. The van der Waals surface area contributed by atoms with Crippen LogP contribution in [0.4, 0.5) is 14.9 Å². The fourth-order valence-corrected chi connectivity index (χ4v) is 2.44. The van der Waals surface area contributed by atoms with Crippen LogP contribution in [0.3, 0.4) is 0 Å². The average Bonchev–Trinajstić information content (AvgIpc) is 2.68. The number of hydrogen-bond donors (Lipinski definition) is 2. The van der Waals surface area contributed by atoms with Gasteiger partial charge in [-0.3, -0.25) is 0 Å². The van der Waals surface area contributed by atoms with E-state index in [1.807, 2.05) is 13.8 Å². The second-order valence-corrected chi connectivity index (χ2v) is 6.36. The fraction of sp³-hybridized carbons (Fsp3) is 0.190. The molecule has 0 spiro atoms. The summed E-state index contributed by atoms with van der Waals surface area (Å²) in [6.07, 6.45) is 3.07. The predicted molar refractivity (Wildman–Crippen MR) is 107 cm³/mol. The summed E-state index contributed by atoms with van der Waals surface area (Å²) in [7, 11) is 0. The molecule has 0 saturated heterocycles. The maximum absolute atomic E-state index is 13.4. The molecule has 0 saturated carbocycles. The van der Waals surface area contributed by atoms with Crippen LogP contribution >= 0.6 is 0 Å². The Bertz CT molecular complexity index is 981. The molecule has 0 fully saturated rings. The van der Waals surface area contributed by atoms with E-state index in [2.05, 4.69) is 20.6 Å². The molecule has 29 heavy (non-hydrogen) atoms. The van der Waals surface area contributed by atoms with Crippen LogP contribution in [-0.2, 0) is 6.54 Å². The van der Waals surface area contributed by atoms with Gasteiger partial charge in [-0.05, 0) is 44.2 Å². The van der Waals surface area contributed by atoms with Crippen LogP contribution in [0.25, 0.3) is 0 Å². The highest BCUT2D eigenvalue weighted by Gasteiger charge is 2.12. The first-order chi connectivity index (χ1) is 14.0. The summed E-state index contributed by atoms with van der Waals surface area (Å²) in [5, 5.41) is 5.45. The van der Waals surface area contributed by atoms with Crippen LogP contribution in [0.15, 0.2) is 60.9 Å². The quantitative estimate of drug-likeness (QED) is 0.613. The van der Waals surface area contributed by atoms with E-state index in [-0.39, 0.29) is 18.5 Å². The summed E-state index contributed by atoms with van der Waals surface area (Å²) in [5.74, 6) is 0.534. The Morgan fingerprint density at radius 2 is 1.83 bits per heavy atom. The Balaban J connectivity index is 1.64. The van der Waals surface area contributed by atoms with Crippen molar-refractivity contribution in [1.82, 2.24) is 15.3 Å². The third-order valence-electron chi connectivity index (χ3n) is 3.67. The third-order valence-corrected chi connectivity index (χ3v) is 3.67. The molecule has 7 nitrogen and oxygen atoms in total. The van der Waals surface area contributed by atoms with Crippen molar-refractivity contribution in [3.63, 3.8) is 0 Å². The molecule has 0 unspecified atom stereocenters. The summed E-state index contributed by atoms with van der Waals surface area (Å²) in [4.78, 5) is 20.6. The zero-order valence-electron chi connectivity index (χ0n) is 16.1. The first-order valence-electron chi connectivity index (χ1n) is 9.05. The molecule has 0 aliphatic carbocycles. The number of carbonyl (C=O) groups excluding carboxylic acids is 1. The number of benzene rings is 1. The molecule has 8 heteroatoms. The Morgan fingerprint density at radius 3 is 2.59 bits per heavy atom. The van der Waals surface area contributed by atoms with Gasteiger partial charge in [0.05, 0.1) is 6.10 Å². The molecular formula is C21H21FN4O3. The SMILES string of the molecule is CC(C)Oc1ncccc1NC(=O)NCc1cccnc1Oc1cccc(F)c1. The number of amides is 2. The Kier molecular flexibility index (Phi) is 6.57. The molecule has 0 atom stereocenters. The maximum Gasteiger partial charge on any atom is 0.319 e. The maximum atomic E-state index is 13.4. The largest absolute Gasteiger partial charge is 0.473 e. The van der Waals surface area contributed by atoms with Crippen molar-refractivity contribution in [2.24, 2.45) is 0 Å². The van der Waals surface area contributed by atoms with Gasteiger partial charge in [-0.1, -0.05) is 12.1 Å². The van der Waals surface area contributed by atoms with Crippen molar-refractivity contribution >= 4 is 11.7 Å². The van der Waals surface area contributed by atoms with E-state index >= 15 is 0 Å². The van der Waals surface area contributed by atoms with Gasteiger partial charge in [0.2, 0.25) is 11.8 Å². The number of rotatable bonds is 7. The standard InChI is InChI=1S/C21H21FN4O3/c1-14(2)28-20-18(9-5-11-24-20)26-21(27)25-13-15-6-4-10-23-19(15)29-17-8-3-7-16(22)12-17/h3-12,14H,13H2,1-2H3,(H2,25,26,27). The number of carbonyl (C=O) groups is 1. The van der Waals surface area contributed by atoms with Gasteiger partial charge in [0, 0.05) is 30.6 Å². The number of pyridine rings is 2. The predicted octanol–water partition coefficient (Wildman–Crippen LogP) is 4.52. The molecule has 0 radical (unpaired) electrons. The van der Waals surface area contributed by atoms with Crippen LogP contribution in [0.5, 0.6) is 17.5 Å². The number of aromatic nitrogens is 2. The van der Waals surface area contributed by atoms with Gasteiger partial charge in [-0.2, -0.15) is 0 Å². The minimum Gasteiger partial charge on any atom is -0.473 e. The van der Waals surface area contributed by atoms with Gasteiger partial charge >= 0.3 is 6.03 Å². The molecule has 0 aliphatic heterocycles. The summed E-state index contributed by atoms with van der Waals surface area (Å²) in [6.45, 7) is 3.91. The van der Waals surface area contributed by atoms with Gasteiger partial charge in [0.25, 0.3) is 0 Å². The zero-order valence-corrected chi connectivity index (χ0v) is 16.1. The summed E-state index contributed by atoms with van der Waals surface area (Å²) in [6, 6.07) is 12.2. The van der Waals surface area contributed by atoms with Crippen LogP contribution in [0.2, 0.25) is 0 Å². The van der Waals surface area contributed by atoms with E-state index in [0.717, 1.165) is 0 Å². The van der Waals surface area contributed by atoms with E-state index in [9.17, 15) is 9.18 Å². The normalized spacial score (nSPS) is 10.5. The Labute approximate surface area is 167 Å². The van der Waals surface area contributed by atoms with Gasteiger partial charge in [0.15, 0.2) is 0 Å². The summed E-state index contributed by atoms with van der Waals surface area (Å²) in [5.41, 5.74) is 1.10. The molecule has 3 aromatic rings. The molecular weight excluding hydrogens is 375 g/mol.